The number of nitro groups is 1. The first-order valence-electron chi connectivity index (χ1n) is 10.6. The molecule has 1 aliphatic heterocycles. The Morgan fingerprint density at radius 1 is 1.11 bits per heavy atom. The van der Waals surface area contributed by atoms with E-state index in [4.69, 9.17) is 21.3 Å². The molecule has 35 heavy (non-hydrogen) atoms. The van der Waals surface area contributed by atoms with Gasteiger partial charge < -0.3 is 4.74 Å². The van der Waals surface area contributed by atoms with E-state index in [1.54, 1.807) is 28.8 Å². The Morgan fingerprint density at radius 3 is 2.54 bits per heavy atom. The quantitative estimate of drug-likeness (QED) is 0.295. The van der Waals surface area contributed by atoms with Gasteiger partial charge in [-0.3, -0.25) is 19.5 Å². The number of methoxy groups -OCH3 is 1. The van der Waals surface area contributed by atoms with Gasteiger partial charge in [-0.05, 0) is 47.0 Å². The Bertz CT molecular complexity index is 1640. The number of nitrogens with zero attached hydrogens (tertiary/aromatic N) is 3. The van der Waals surface area contributed by atoms with Crippen LogP contribution in [-0.2, 0) is 0 Å². The highest BCUT2D eigenvalue weighted by Gasteiger charge is 2.23. The third kappa shape index (κ3) is 4.41. The van der Waals surface area contributed by atoms with Gasteiger partial charge >= 0.3 is 5.69 Å². The summed E-state index contributed by atoms with van der Waals surface area (Å²) in [5.41, 5.74) is 2.72. The molecule has 0 saturated carbocycles. The molecule has 0 spiro atoms. The van der Waals surface area contributed by atoms with Crippen molar-refractivity contribution in [3.8, 4) is 5.75 Å². The van der Waals surface area contributed by atoms with E-state index >= 15 is 0 Å². The molecule has 174 valence electrons. The number of fused-ring (bicyclic) bond motifs is 1. The number of hydrogen-bond acceptors (Lipinski definition) is 6. The predicted octanol–water partition coefficient (Wildman–Crippen LogP) is 4.57. The van der Waals surface area contributed by atoms with Crippen LogP contribution in [0.2, 0.25) is 5.02 Å². The van der Waals surface area contributed by atoms with Crippen molar-refractivity contribution in [3.05, 3.63) is 130 Å². The van der Waals surface area contributed by atoms with Crippen LogP contribution in [0.1, 0.15) is 22.7 Å². The highest BCUT2D eigenvalue weighted by Crippen LogP contribution is 2.29. The van der Waals surface area contributed by atoms with Crippen LogP contribution in [0.5, 0.6) is 5.75 Å². The molecule has 1 aliphatic rings. The molecule has 2 heterocycles. The standard InChI is InChI=1S/C26H18ClN3O4S/c1-34-23-12-7-16(13-22(23)30(32)33)14-24-25(31)29-21(18-8-10-19(27)11-9-18)15-20(28-26(29)35-24)17-5-3-2-4-6-17/h2-15,21H,1H3. The first-order chi connectivity index (χ1) is 16.9. The second-order valence-electron chi connectivity index (χ2n) is 7.78. The molecule has 9 heteroatoms. The number of hydrogen-bond donors (Lipinski definition) is 0. The monoisotopic (exact) mass is 503 g/mol. The van der Waals surface area contributed by atoms with E-state index in [1.165, 1.54) is 30.6 Å². The van der Waals surface area contributed by atoms with E-state index in [-0.39, 0.29) is 23.0 Å². The summed E-state index contributed by atoms with van der Waals surface area (Å²) in [5.74, 6) is 0.156. The average molecular weight is 504 g/mol. The maximum atomic E-state index is 13.5. The molecule has 5 rings (SSSR count). The largest absolute Gasteiger partial charge is 0.490 e. The molecule has 0 saturated heterocycles. The van der Waals surface area contributed by atoms with Crippen molar-refractivity contribution in [2.75, 3.05) is 7.11 Å². The Labute approximate surface area is 208 Å². The van der Waals surface area contributed by atoms with Crippen LogP contribution in [0.15, 0.2) is 88.7 Å². The summed E-state index contributed by atoms with van der Waals surface area (Å²) in [7, 11) is 1.38. The summed E-state index contributed by atoms with van der Waals surface area (Å²) in [4.78, 5) is 29.8. The van der Waals surface area contributed by atoms with Crippen LogP contribution in [0.25, 0.3) is 11.8 Å². The van der Waals surface area contributed by atoms with Gasteiger partial charge in [0.05, 0.1) is 28.3 Å². The van der Waals surface area contributed by atoms with Gasteiger partial charge in [0.2, 0.25) is 0 Å². The molecule has 0 aliphatic carbocycles. The summed E-state index contributed by atoms with van der Waals surface area (Å²) >= 11 is 7.34. The van der Waals surface area contributed by atoms with Crippen molar-refractivity contribution in [1.82, 2.24) is 4.57 Å². The average Bonchev–Trinajstić information content (AvgIpc) is 3.19. The molecule has 0 N–H and O–H groups in total. The van der Waals surface area contributed by atoms with Crippen LogP contribution >= 0.6 is 22.9 Å². The molecule has 0 radical (unpaired) electrons. The van der Waals surface area contributed by atoms with Crippen LogP contribution in [0.3, 0.4) is 0 Å². The topological polar surface area (TPSA) is 86.7 Å². The first-order valence-corrected chi connectivity index (χ1v) is 11.8. The maximum absolute atomic E-state index is 13.5. The molecule has 0 fully saturated rings. The van der Waals surface area contributed by atoms with Gasteiger partial charge in [-0.15, -0.1) is 0 Å². The van der Waals surface area contributed by atoms with Crippen LogP contribution in [0, 0.1) is 10.1 Å². The summed E-state index contributed by atoms with van der Waals surface area (Å²) < 4.78 is 7.14. The van der Waals surface area contributed by atoms with Gasteiger partial charge in [0, 0.05) is 11.1 Å². The smallest absolute Gasteiger partial charge is 0.311 e. The lowest BCUT2D eigenvalue weighted by molar-refractivity contribution is -0.385. The third-order valence-electron chi connectivity index (χ3n) is 5.63. The fourth-order valence-electron chi connectivity index (χ4n) is 3.94. The zero-order valence-corrected chi connectivity index (χ0v) is 20.0. The Hall–Kier alpha value is -4.01. The van der Waals surface area contributed by atoms with Crippen LogP contribution < -0.4 is 19.6 Å². The number of allylic oxidation sites excluding steroid dienone is 1. The third-order valence-corrected chi connectivity index (χ3v) is 6.86. The lowest BCUT2D eigenvalue weighted by Gasteiger charge is -2.19. The number of halogens is 1. The SMILES string of the molecule is COc1ccc(C=c2sc3n(c2=O)C(c2ccc(Cl)cc2)C=C(c2ccccc2)N=3)cc1[N+](=O)[O-]. The van der Waals surface area contributed by atoms with E-state index < -0.39 is 4.92 Å². The molecule has 1 aromatic heterocycles. The summed E-state index contributed by atoms with van der Waals surface area (Å²) in [6.45, 7) is 0. The van der Waals surface area contributed by atoms with Gasteiger partial charge in [-0.2, -0.15) is 0 Å². The van der Waals surface area contributed by atoms with Gasteiger partial charge in [0.15, 0.2) is 10.6 Å². The minimum absolute atomic E-state index is 0.156. The number of benzene rings is 3. The molecule has 1 atom stereocenters. The van der Waals surface area contributed by atoms with Crippen molar-refractivity contribution in [2.45, 2.75) is 6.04 Å². The molecule has 3 aromatic carbocycles. The number of aromatic nitrogens is 1. The lowest BCUT2D eigenvalue weighted by Crippen LogP contribution is -2.36. The molecule has 4 aromatic rings. The van der Waals surface area contributed by atoms with Crippen molar-refractivity contribution in [2.24, 2.45) is 4.99 Å². The number of nitro benzene ring substituents is 1. The van der Waals surface area contributed by atoms with Crippen molar-refractivity contribution >= 4 is 40.4 Å². The summed E-state index contributed by atoms with van der Waals surface area (Å²) in [6, 6.07) is 21.3. The lowest BCUT2D eigenvalue weighted by atomic mass is 10.0. The van der Waals surface area contributed by atoms with E-state index in [2.05, 4.69) is 0 Å². The minimum atomic E-state index is -0.509. The molecule has 7 nitrogen and oxygen atoms in total. The first kappa shape index (κ1) is 22.8. The van der Waals surface area contributed by atoms with Crippen LogP contribution in [-0.4, -0.2) is 16.6 Å². The molecular formula is C26H18ClN3O4S. The Morgan fingerprint density at radius 2 is 1.86 bits per heavy atom. The van der Waals surface area contributed by atoms with Crippen molar-refractivity contribution < 1.29 is 9.66 Å². The number of thiazole rings is 1. The van der Waals surface area contributed by atoms with E-state index in [0.29, 0.717) is 19.9 Å². The van der Waals surface area contributed by atoms with Gasteiger partial charge in [-0.25, -0.2) is 4.99 Å². The van der Waals surface area contributed by atoms with Gasteiger partial charge in [0.25, 0.3) is 5.56 Å². The van der Waals surface area contributed by atoms with Gasteiger partial charge in [0.1, 0.15) is 0 Å². The zero-order chi connectivity index (χ0) is 24.5. The highest BCUT2D eigenvalue weighted by molar-refractivity contribution is 7.07. The van der Waals surface area contributed by atoms with Crippen molar-refractivity contribution in [1.29, 1.82) is 0 Å². The van der Waals surface area contributed by atoms with Crippen LogP contribution in [0.4, 0.5) is 5.69 Å². The van der Waals surface area contributed by atoms with E-state index in [9.17, 15) is 14.9 Å². The normalized spacial score (nSPS) is 15.2. The molecular weight excluding hydrogens is 486 g/mol. The second kappa shape index (κ2) is 9.32. The summed E-state index contributed by atoms with van der Waals surface area (Å²) in [5, 5.41) is 12.0. The van der Waals surface area contributed by atoms with Crippen molar-refractivity contribution in [3.63, 3.8) is 0 Å². The minimum Gasteiger partial charge on any atom is -0.490 e. The fourth-order valence-corrected chi connectivity index (χ4v) is 5.08. The summed E-state index contributed by atoms with van der Waals surface area (Å²) in [6.07, 6.45) is 3.60. The second-order valence-corrected chi connectivity index (χ2v) is 9.23. The fraction of sp³-hybridized carbons (Fsp3) is 0.0769. The van der Waals surface area contributed by atoms with E-state index in [0.717, 1.165) is 16.8 Å². The maximum Gasteiger partial charge on any atom is 0.311 e. The van der Waals surface area contributed by atoms with E-state index in [1.807, 2.05) is 48.5 Å². The Balaban J connectivity index is 1.70. The molecule has 0 bridgehead atoms. The zero-order valence-electron chi connectivity index (χ0n) is 18.4. The highest BCUT2D eigenvalue weighted by atomic mass is 35.5. The number of rotatable bonds is 5. The Kier molecular flexibility index (Phi) is 6.07. The predicted molar refractivity (Wildman–Crippen MR) is 137 cm³/mol. The number of ether oxygens (including phenoxy) is 1. The molecule has 0 amide bonds. The van der Waals surface area contributed by atoms with Gasteiger partial charge in [-0.1, -0.05) is 71.5 Å². The molecule has 1 unspecified atom stereocenters.